The lowest BCUT2D eigenvalue weighted by atomic mass is 10.3. The number of halogens is 2. The molecule has 0 aromatic carbocycles. The summed E-state index contributed by atoms with van der Waals surface area (Å²) in [5, 5.41) is 0. The zero-order valence-corrected chi connectivity index (χ0v) is 9.80. The van der Waals surface area contributed by atoms with E-state index in [2.05, 4.69) is 27.8 Å². The second-order valence-corrected chi connectivity index (χ2v) is 3.48. The van der Waals surface area contributed by atoms with E-state index in [1.165, 1.54) is 0 Å². The Morgan fingerprint density at radius 1 is 1.45 bits per heavy atom. The molecule has 1 unspecified atom stereocenters. The molecule has 0 bridgehead atoms. The zero-order valence-electron chi connectivity index (χ0n) is 7.45. The summed E-state index contributed by atoms with van der Waals surface area (Å²) in [7, 11) is 0. The van der Waals surface area contributed by atoms with E-state index >= 15 is 0 Å². The van der Waals surface area contributed by atoms with Gasteiger partial charge in [-0.3, -0.25) is 0 Å². The fourth-order valence-electron chi connectivity index (χ4n) is 0.368. The van der Waals surface area contributed by atoms with E-state index in [1.807, 2.05) is 20.8 Å². The fourth-order valence-corrected chi connectivity index (χ4v) is 0.664. The lowest BCUT2D eigenvalue weighted by molar-refractivity contribution is 0.990. The lowest BCUT2D eigenvalue weighted by Crippen LogP contribution is -1.80. The highest BCUT2D eigenvalue weighted by molar-refractivity contribution is 9.09. The van der Waals surface area contributed by atoms with Crippen LogP contribution < -0.4 is 0 Å². The average Bonchev–Trinajstić information content (AvgIpc) is 2.02. The van der Waals surface area contributed by atoms with Crippen molar-refractivity contribution in [3.05, 3.63) is 0 Å². The average molecular weight is 240 g/mol. The van der Waals surface area contributed by atoms with Crippen LogP contribution in [-0.4, -0.2) is 10.7 Å². The van der Waals surface area contributed by atoms with Crippen LogP contribution in [0.5, 0.6) is 0 Å². The van der Waals surface area contributed by atoms with E-state index in [1.54, 1.807) is 0 Å². The molecule has 0 spiro atoms. The molecule has 2 heteroatoms. The van der Waals surface area contributed by atoms with Crippen LogP contribution in [0.25, 0.3) is 0 Å². The Balaban J connectivity index is 0. The molecule has 0 rings (SSSR count). The Kier molecular flexibility index (Phi) is 16.4. The lowest BCUT2D eigenvalue weighted by Gasteiger charge is -1.85. The molecule has 0 aliphatic heterocycles. The predicted molar refractivity (Wildman–Crippen MR) is 57.5 cm³/mol. The van der Waals surface area contributed by atoms with Crippen LogP contribution in [0, 0.1) is 11.8 Å². The first-order valence-electron chi connectivity index (χ1n) is 3.96. The quantitative estimate of drug-likeness (QED) is 0.390. The maximum atomic E-state index is 5.44. The third-order valence-corrected chi connectivity index (χ3v) is 1.23. The summed E-state index contributed by atoms with van der Waals surface area (Å²) in [6.45, 7) is 6.01. The number of unbranched alkanes of at least 4 members (excludes halogenated alkanes) is 1. The minimum absolute atomic E-state index is 0.313. The highest BCUT2D eigenvalue weighted by Gasteiger charge is 1.82. The molecular formula is C9H16BrCl. The molecule has 0 radical (unpaired) electrons. The molecule has 0 heterocycles. The molecule has 0 aromatic rings. The summed E-state index contributed by atoms with van der Waals surface area (Å²) >= 11 is 8.76. The van der Waals surface area contributed by atoms with Crippen LogP contribution in [0.2, 0.25) is 0 Å². The van der Waals surface area contributed by atoms with Crippen molar-refractivity contribution in [3.63, 3.8) is 0 Å². The second kappa shape index (κ2) is 13.0. The van der Waals surface area contributed by atoms with Gasteiger partial charge in [0, 0.05) is 12.3 Å². The van der Waals surface area contributed by atoms with E-state index in [-0.39, 0.29) is 0 Å². The first-order valence-corrected chi connectivity index (χ1v) is 5.41. The molecule has 0 saturated carbocycles. The van der Waals surface area contributed by atoms with Gasteiger partial charge in [-0.25, -0.2) is 0 Å². The van der Waals surface area contributed by atoms with Crippen LogP contribution in [0.3, 0.4) is 0 Å². The van der Waals surface area contributed by atoms with Gasteiger partial charge in [-0.05, 0) is 13.3 Å². The highest BCUT2D eigenvalue weighted by Crippen LogP contribution is 1.94. The van der Waals surface area contributed by atoms with Crippen LogP contribution in [0.4, 0.5) is 0 Å². The van der Waals surface area contributed by atoms with Crippen molar-refractivity contribution in [3.8, 4) is 11.8 Å². The maximum absolute atomic E-state index is 5.44. The third kappa shape index (κ3) is 17.9. The smallest absolute Gasteiger partial charge is 0.0726 e. The van der Waals surface area contributed by atoms with Gasteiger partial charge in [-0.1, -0.05) is 35.7 Å². The Morgan fingerprint density at radius 3 is 2.36 bits per heavy atom. The molecular weight excluding hydrogens is 223 g/mol. The van der Waals surface area contributed by atoms with Crippen LogP contribution in [-0.2, 0) is 0 Å². The van der Waals surface area contributed by atoms with Crippen molar-refractivity contribution in [2.75, 3.05) is 5.88 Å². The first kappa shape index (κ1) is 13.9. The Bertz CT molecular complexity index is 110. The van der Waals surface area contributed by atoms with Gasteiger partial charge in [0.25, 0.3) is 0 Å². The van der Waals surface area contributed by atoms with Crippen LogP contribution in [0.15, 0.2) is 0 Å². The van der Waals surface area contributed by atoms with Crippen molar-refractivity contribution in [1.82, 2.24) is 0 Å². The summed E-state index contributed by atoms with van der Waals surface area (Å²) < 4.78 is 0. The van der Waals surface area contributed by atoms with Gasteiger partial charge in [0.1, 0.15) is 0 Å². The minimum Gasteiger partial charge on any atom is -0.127 e. The molecule has 0 N–H and O–H groups in total. The van der Waals surface area contributed by atoms with Crippen molar-refractivity contribution in [2.45, 2.75) is 38.4 Å². The third-order valence-electron chi connectivity index (χ3n) is 0.736. The molecule has 0 amide bonds. The number of alkyl halides is 2. The molecule has 0 saturated heterocycles. The molecule has 11 heavy (non-hydrogen) atoms. The van der Waals surface area contributed by atoms with Gasteiger partial charge in [-0.2, -0.15) is 0 Å². The molecule has 66 valence electrons. The summed E-state index contributed by atoms with van der Waals surface area (Å²) in [5.74, 6) is 6.71. The highest BCUT2D eigenvalue weighted by atomic mass is 79.9. The fraction of sp³-hybridized carbons (Fsp3) is 0.778. The summed E-state index contributed by atoms with van der Waals surface area (Å²) in [6, 6.07) is 0. The standard InChI is InChI=1S/C7H10BrCl.C2H6/c1-7(8)5-3-2-4-6-9;1-2/h7H,2,4,6H2,1H3;1-2H3. The van der Waals surface area contributed by atoms with Crippen molar-refractivity contribution >= 4 is 27.5 Å². The maximum Gasteiger partial charge on any atom is 0.0726 e. The number of hydrogen-bond donors (Lipinski definition) is 0. The molecule has 1 atom stereocenters. The largest absolute Gasteiger partial charge is 0.127 e. The Morgan fingerprint density at radius 2 is 2.00 bits per heavy atom. The Hall–Kier alpha value is 0.330. The normalized spacial score (nSPS) is 10.3. The van der Waals surface area contributed by atoms with E-state index in [0.29, 0.717) is 10.7 Å². The van der Waals surface area contributed by atoms with Crippen molar-refractivity contribution < 1.29 is 0 Å². The molecule has 0 aliphatic rings. The zero-order chi connectivity index (χ0) is 9.11. The first-order chi connectivity index (χ1) is 5.27. The van der Waals surface area contributed by atoms with E-state index in [4.69, 9.17) is 11.6 Å². The van der Waals surface area contributed by atoms with Gasteiger partial charge < -0.3 is 0 Å². The number of hydrogen-bond acceptors (Lipinski definition) is 0. The van der Waals surface area contributed by atoms with E-state index in [9.17, 15) is 0 Å². The van der Waals surface area contributed by atoms with Gasteiger partial charge >= 0.3 is 0 Å². The topological polar surface area (TPSA) is 0 Å². The van der Waals surface area contributed by atoms with Gasteiger partial charge in [0.05, 0.1) is 4.83 Å². The van der Waals surface area contributed by atoms with E-state index in [0.717, 1.165) is 12.8 Å². The van der Waals surface area contributed by atoms with Crippen molar-refractivity contribution in [1.29, 1.82) is 0 Å². The van der Waals surface area contributed by atoms with Crippen LogP contribution in [0.1, 0.15) is 33.6 Å². The predicted octanol–water partition coefficient (Wildman–Crippen LogP) is 3.82. The van der Waals surface area contributed by atoms with Gasteiger partial charge in [0.15, 0.2) is 0 Å². The second-order valence-electron chi connectivity index (χ2n) is 1.73. The van der Waals surface area contributed by atoms with E-state index < -0.39 is 0 Å². The SMILES string of the molecule is CC.CC(Br)C#CCCCCl. The number of rotatable bonds is 2. The summed E-state index contributed by atoms with van der Waals surface area (Å²) in [6.07, 6.45) is 1.91. The molecule has 0 nitrogen and oxygen atoms in total. The van der Waals surface area contributed by atoms with Crippen LogP contribution >= 0.6 is 27.5 Å². The van der Waals surface area contributed by atoms with Crippen molar-refractivity contribution in [2.24, 2.45) is 0 Å². The molecule has 0 fully saturated rings. The summed E-state index contributed by atoms with van der Waals surface area (Å²) in [5.41, 5.74) is 0. The minimum atomic E-state index is 0.313. The molecule has 0 aromatic heterocycles. The summed E-state index contributed by atoms with van der Waals surface area (Å²) in [4.78, 5) is 0.313. The molecule has 0 aliphatic carbocycles. The van der Waals surface area contributed by atoms with Gasteiger partial charge in [-0.15, -0.1) is 17.5 Å². The Labute approximate surface area is 83.8 Å². The monoisotopic (exact) mass is 238 g/mol. The van der Waals surface area contributed by atoms with Gasteiger partial charge in [0.2, 0.25) is 0 Å².